The van der Waals surface area contributed by atoms with Crippen LogP contribution in [0.25, 0.3) is 0 Å². The normalized spacial score (nSPS) is 13.3. The fourth-order valence-corrected chi connectivity index (χ4v) is 2.94. The van der Waals surface area contributed by atoms with Gasteiger partial charge in [-0.1, -0.05) is 11.6 Å². The van der Waals surface area contributed by atoms with Crippen LogP contribution >= 0.6 is 11.6 Å². The van der Waals surface area contributed by atoms with Crippen LogP contribution in [0.5, 0.6) is 0 Å². The van der Waals surface area contributed by atoms with Crippen molar-refractivity contribution in [3.8, 4) is 0 Å². The van der Waals surface area contributed by atoms with Crippen LogP contribution in [0.3, 0.4) is 0 Å². The van der Waals surface area contributed by atoms with Crippen LogP contribution in [-0.2, 0) is 20.1 Å². The molecule has 0 fully saturated rings. The van der Waals surface area contributed by atoms with E-state index in [1.807, 2.05) is 24.0 Å². The van der Waals surface area contributed by atoms with E-state index in [-0.39, 0.29) is 5.96 Å². The number of nitrogens with two attached hydrogens (primary N) is 2. The Morgan fingerprint density at radius 2 is 2.18 bits per heavy atom. The largest absolute Gasteiger partial charge is 0.370 e. The molecule has 0 atom stereocenters. The number of hydrogen-bond acceptors (Lipinski definition) is 2. The summed E-state index contributed by atoms with van der Waals surface area (Å²) in [6.45, 7) is 2.08. The Bertz CT molecular complexity index is 727. The fourth-order valence-electron chi connectivity index (χ4n) is 2.68. The standard InChI is InChI=1S/C14H17ClFN6/c1-20-3-2-13-21(4-5-22(13)20)8-10-11(15)6-9(7-12(10)16)19-14(17)18/h2-3,6-7H,4-5,8H2,1H3,(H4,17,18,19)/q+1. The molecule has 0 radical (unpaired) electrons. The van der Waals surface area contributed by atoms with Crippen molar-refractivity contribution < 1.29 is 9.07 Å². The second kappa shape index (κ2) is 5.49. The molecule has 0 bridgehead atoms. The number of fused-ring (bicyclic) bond motifs is 1. The molecule has 0 saturated carbocycles. The third-order valence-corrected chi connectivity index (χ3v) is 4.06. The third-order valence-electron chi connectivity index (χ3n) is 3.72. The maximum absolute atomic E-state index is 14.3. The van der Waals surface area contributed by atoms with E-state index >= 15 is 0 Å². The molecule has 4 N–H and O–H groups in total. The minimum atomic E-state index is -0.415. The average molecular weight is 324 g/mol. The Kier molecular flexibility index (Phi) is 3.66. The molecule has 1 aromatic carbocycles. The molecule has 0 aliphatic carbocycles. The van der Waals surface area contributed by atoms with Gasteiger partial charge in [0.05, 0.1) is 23.3 Å². The fraction of sp³-hybridized carbons (Fsp3) is 0.286. The highest BCUT2D eigenvalue weighted by Crippen LogP contribution is 2.29. The summed E-state index contributed by atoms with van der Waals surface area (Å²) in [5, 5.41) is 0.314. The maximum Gasteiger partial charge on any atom is 0.197 e. The summed E-state index contributed by atoms with van der Waals surface area (Å²) < 4.78 is 18.5. The van der Waals surface area contributed by atoms with Crippen LogP contribution in [0, 0.1) is 5.82 Å². The Labute approximate surface area is 132 Å². The molecule has 2 aromatic rings. The van der Waals surface area contributed by atoms with Gasteiger partial charge in [-0.3, -0.25) is 0 Å². The van der Waals surface area contributed by atoms with Gasteiger partial charge in [-0.25, -0.2) is 9.38 Å². The first-order valence-corrected chi connectivity index (χ1v) is 7.21. The van der Waals surface area contributed by atoms with E-state index < -0.39 is 5.82 Å². The zero-order valence-corrected chi connectivity index (χ0v) is 12.9. The number of aryl methyl sites for hydroxylation is 1. The molecule has 1 aliphatic rings. The van der Waals surface area contributed by atoms with Crippen molar-refractivity contribution in [1.29, 1.82) is 0 Å². The Hall–Kier alpha value is -2.28. The third kappa shape index (κ3) is 2.59. The molecular formula is C14H17ClFN6+. The second-order valence-corrected chi connectivity index (χ2v) is 5.62. The zero-order chi connectivity index (χ0) is 15.9. The summed E-state index contributed by atoms with van der Waals surface area (Å²) in [6, 6.07) is 4.86. The number of aromatic nitrogens is 2. The minimum absolute atomic E-state index is 0.131. The van der Waals surface area contributed by atoms with Crippen LogP contribution in [0.2, 0.25) is 5.02 Å². The number of aliphatic imine (C=N–C) groups is 1. The Morgan fingerprint density at radius 1 is 1.41 bits per heavy atom. The quantitative estimate of drug-likeness (QED) is 0.503. The van der Waals surface area contributed by atoms with Gasteiger partial charge < -0.3 is 16.4 Å². The molecule has 1 aromatic heterocycles. The van der Waals surface area contributed by atoms with E-state index in [1.54, 1.807) is 6.07 Å². The number of benzene rings is 1. The van der Waals surface area contributed by atoms with Gasteiger partial charge in [0, 0.05) is 24.7 Å². The summed E-state index contributed by atoms with van der Waals surface area (Å²) >= 11 is 6.20. The van der Waals surface area contributed by atoms with Gasteiger partial charge in [0.15, 0.2) is 25.0 Å². The minimum Gasteiger partial charge on any atom is -0.370 e. The van der Waals surface area contributed by atoms with Crippen LogP contribution in [0.4, 0.5) is 15.9 Å². The lowest BCUT2D eigenvalue weighted by atomic mass is 10.1. The number of halogens is 2. The summed E-state index contributed by atoms with van der Waals surface area (Å²) in [7, 11) is 1.98. The van der Waals surface area contributed by atoms with Crippen LogP contribution in [-0.4, -0.2) is 17.2 Å². The monoisotopic (exact) mass is 323 g/mol. The molecule has 3 rings (SSSR count). The zero-order valence-electron chi connectivity index (χ0n) is 12.1. The van der Waals surface area contributed by atoms with Crippen molar-refractivity contribution in [1.82, 2.24) is 4.68 Å². The summed E-state index contributed by atoms with van der Waals surface area (Å²) in [5.74, 6) is 0.501. The molecule has 1 aliphatic heterocycles. The molecule has 0 unspecified atom stereocenters. The predicted octanol–water partition coefficient (Wildman–Crippen LogP) is 1.03. The van der Waals surface area contributed by atoms with Gasteiger partial charge in [0.1, 0.15) is 5.82 Å². The number of nitrogens with zero attached hydrogens (tertiary/aromatic N) is 4. The second-order valence-electron chi connectivity index (χ2n) is 5.22. The molecular weight excluding hydrogens is 307 g/mol. The van der Waals surface area contributed by atoms with E-state index in [9.17, 15) is 4.39 Å². The highest BCUT2D eigenvalue weighted by Gasteiger charge is 2.26. The van der Waals surface area contributed by atoms with Crippen molar-refractivity contribution in [3.05, 3.63) is 40.8 Å². The highest BCUT2D eigenvalue weighted by molar-refractivity contribution is 6.31. The molecule has 8 heteroatoms. The Balaban J connectivity index is 1.89. The van der Waals surface area contributed by atoms with Gasteiger partial charge in [0.2, 0.25) is 0 Å². The molecule has 6 nitrogen and oxygen atoms in total. The van der Waals surface area contributed by atoms with Crippen LogP contribution < -0.4 is 21.0 Å². The molecule has 116 valence electrons. The van der Waals surface area contributed by atoms with E-state index in [2.05, 4.69) is 14.6 Å². The lowest BCUT2D eigenvalue weighted by molar-refractivity contribution is -0.751. The van der Waals surface area contributed by atoms with Gasteiger partial charge in [0.25, 0.3) is 0 Å². The van der Waals surface area contributed by atoms with Gasteiger partial charge >= 0.3 is 0 Å². The van der Waals surface area contributed by atoms with Crippen molar-refractivity contribution in [3.63, 3.8) is 0 Å². The predicted molar refractivity (Wildman–Crippen MR) is 83.5 cm³/mol. The van der Waals surface area contributed by atoms with Gasteiger partial charge in [-0.15, -0.1) is 9.36 Å². The van der Waals surface area contributed by atoms with Crippen molar-refractivity contribution in [2.45, 2.75) is 13.1 Å². The first kappa shape index (κ1) is 14.6. The topological polar surface area (TPSA) is 76.4 Å². The van der Waals surface area contributed by atoms with Gasteiger partial charge in [-0.2, -0.15) is 0 Å². The molecule has 0 spiro atoms. The Morgan fingerprint density at radius 3 is 2.86 bits per heavy atom. The molecule has 22 heavy (non-hydrogen) atoms. The number of hydrogen-bond donors (Lipinski definition) is 2. The lowest BCUT2D eigenvalue weighted by Gasteiger charge is -2.17. The van der Waals surface area contributed by atoms with E-state index in [4.69, 9.17) is 23.1 Å². The summed E-state index contributed by atoms with van der Waals surface area (Å²) in [6.07, 6.45) is 1.97. The van der Waals surface area contributed by atoms with E-state index in [0.29, 0.717) is 22.8 Å². The SMILES string of the molecule is C[n+]1ccc2n1CCN2Cc1c(F)cc(N=C(N)N)cc1Cl. The smallest absolute Gasteiger partial charge is 0.197 e. The van der Waals surface area contributed by atoms with Gasteiger partial charge in [-0.05, 0) is 6.07 Å². The van der Waals surface area contributed by atoms with Crippen LogP contribution in [0.15, 0.2) is 29.4 Å². The summed E-state index contributed by atoms with van der Waals surface area (Å²) in [5.41, 5.74) is 11.3. The average Bonchev–Trinajstić information content (AvgIpc) is 2.97. The van der Waals surface area contributed by atoms with E-state index in [1.165, 1.54) is 6.07 Å². The van der Waals surface area contributed by atoms with Crippen molar-refractivity contribution >= 4 is 29.1 Å². The van der Waals surface area contributed by atoms with Crippen molar-refractivity contribution in [2.24, 2.45) is 23.5 Å². The number of rotatable bonds is 3. The number of guanidine groups is 1. The number of anilines is 1. The van der Waals surface area contributed by atoms with Crippen LogP contribution in [0.1, 0.15) is 5.56 Å². The molecule has 0 amide bonds. The first-order chi connectivity index (χ1) is 10.5. The highest BCUT2D eigenvalue weighted by atomic mass is 35.5. The molecule has 0 saturated heterocycles. The molecule has 2 heterocycles. The lowest BCUT2D eigenvalue weighted by Crippen LogP contribution is -2.37. The summed E-state index contributed by atoms with van der Waals surface area (Å²) in [4.78, 5) is 5.91. The first-order valence-electron chi connectivity index (χ1n) is 6.83. The van der Waals surface area contributed by atoms with Crippen molar-refractivity contribution in [2.75, 3.05) is 11.4 Å². The van der Waals surface area contributed by atoms with E-state index in [0.717, 1.165) is 18.9 Å². The maximum atomic E-state index is 14.3.